The van der Waals surface area contributed by atoms with Crippen LogP contribution in [0.4, 0.5) is 8.78 Å². The molecule has 3 heterocycles. The predicted octanol–water partition coefficient (Wildman–Crippen LogP) is 3.50. The minimum absolute atomic E-state index is 0.0731. The van der Waals surface area contributed by atoms with Crippen LogP contribution in [0.2, 0.25) is 0 Å². The Morgan fingerprint density at radius 2 is 1.79 bits per heavy atom. The molecule has 1 aliphatic rings. The lowest BCUT2D eigenvalue weighted by Crippen LogP contribution is -2.36. The third-order valence-corrected chi connectivity index (χ3v) is 5.42. The third kappa shape index (κ3) is 4.74. The SMILES string of the molecule is O=c1cc(-c2ccncc2)ncn1CC1CCN(Cc2cc(F)ccc2F)CC1. The van der Waals surface area contributed by atoms with Crippen molar-refractivity contribution in [3.63, 3.8) is 0 Å². The quantitative estimate of drug-likeness (QED) is 0.663. The van der Waals surface area contributed by atoms with Gasteiger partial charge in [-0.2, -0.15) is 0 Å². The van der Waals surface area contributed by atoms with Gasteiger partial charge in [0, 0.05) is 42.7 Å². The van der Waals surface area contributed by atoms with Gasteiger partial charge in [0.05, 0.1) is 12.0 Å². The van der Waals surface area contributed by atoms with Crippen molar-refractivity contribution >= 4 is 0 Å². The number of benzene rings is 1. The monoisotopic (exact) mass is 396 g/mol. The lowest BCUT2D eigenvalue weighted by molar-refractivity contribution is 0.164. The first kappa shape index (κ1) is 19.4. The number of hydrogen-bond acceptors (Lipinski definition) is 4. The molecule has 1 fully saturated rings. The minimum atomic E-state index is -0.418. The Hall–Kier alpha value is -2.93. The van der Waals surface area contributed by atoms with Crippen LogP contribution in [-0.4, -0.2) is 32.5 Å². The van der Waals surface area contributed by atoms with E-state index in [1.165, 1.54) is 12.1 Å². The normalized spacial score (nSPS) is 15.5. The van der Waals surface area contributed by atoms with Crippen LogP contribution >= 0.6 is 0 Å². The van der Waals surface area contributed by atoms with E-state index in [2.05, 4.69) is 14.9 Å². The maximum atomic E-state index is 13.8. The van der Waals surface area contributed by atoms with E-state index in [-0.39, 0.29) is 11.4 Å². The van der Waals surface area contributed by atoms with E-state index in [4.69, 9.17) is 0 Å². The van der Waals surface area contributed by atoms with Crippen molar-refractivity contribution < 1.29 is 8.78 Å². The number of hydrogen-bond donors (Lipinski definition) is 0. The van der Waals surface area contributed by atoms with Gasteiger partial charge >= 0.3 is 0 Å². The van der Waals surface area contributed by atoms with Crippen molar-refractivity contribution in [3.05, 3.63) is 82.7 Å². The highest BCUT2D eigenvalue weighted by Gasteiger charge is 2.21. The second-order valence-corrected chi connectivity index (χ2v) is 7.46. The maximum absolute atomic E-state index is 13.8. The number of rotatable bonds is 5. The van der Waals surface area contributed by atoms with Crippen molar-refractivity contribution in [2.24, 2.45) is 5.92 Å². The predicted molar refractivity (Wildman–Crippen MR) is 106 cm³/mol. The van der Waals surface area contributed by atoms with Crippen molar-refractivity contribution in [1.29, 1.82) is 0 Å². The molecule has 0 spiro atoms. The van der Waals surface area contributed by atoms with E-state index in [0.717, 1.165) is 37.6 Å². The van der Waals surface area contributed by atoms with Crippen molar-refractivity contribution in [3.8, 4) is 11.3 Å². The summed E-state index contributed by atoms with van der Waals surface area (Å²) in [6.45, 7) is 2.60. The molecule has 1 aliphatic heterocycles. The number of nitrogens with zero attached hydrogens (tertiary/aromatic N) is 4. The first-order valence-electron chi connectivity index (χ1n) is 9.71. The molecule has 0 bridgehead atoms. The Balaban J connectivity index is 1.35. The highest BCUT2D eigenvalue weighted by molar-refractivity contribution is 5.57. The smallest absolute Gasteiger partial charge is 0.253 e. The van der Waals surface area contributed by atoms with E-state index in [1.807, 2.05) is 12.1 Å². The van der Waals surface area contributed by atoms with Gasteiger partial charge in [0.2, 0.25) is 0 Å². The second-order valence-electron chi connectivity index (χ2n) is 7.46. The number of aromatic nitrogens is 3. The molecule has 0 unspecified atom stereocenters. The molecule has 0 saturated carbocycles. The number of halogens is 2. The maximum Gasteiger partial charge on any atom is 0.253 e. The average Bonchev–Trinajstić information content (AvgIpc) is 2.74. The van der Waals surface area contributed by atoms with Gasteiger partial charge in [-0.1, -0.05) is 0 Å². The van der Waals surface area contributed by atoms with Gasteiger partial charge < -0.3 is 0 Å². The fourth-order valence-corrected chi connectivity index (χ4v) is 3.75. The van der Waals surface area contributed by atoms with Gasteiger partial charge in [0.25, 0.3) is 5.56 Å². The Morgan fingerprint density at radius 3 is 2.52 bits per heavy atom. The molecule has 3 aromatic rings. The summed E-state index contributed by atoms with van der Waals surface area (Å²) in [4.78, 5) is 23.0. The fourth-order valence-electron chi connectivity index (χ4n) is 3.75. The van der Waals surface area contributed by atoms with Gasteiger partial charge in [0.1, 0.15) is 11.6 Å². The lowest BCUT2D eigenvalue weighted by Gasteiger charge is -2.32. The van der Waals surface area contributed by atoms with Gasteiger partial charge in [-0.05, 0) is 62.2 Å². The van der Waals surface area contributed by atoms with Crippen LogP contribution in [0.1, 0.15) is 18.4 Å². The fraction of sp³-hybridized carbons (Fsp3) is 0.318. The first-order valence-corrected chi connectivity index (χ1v) is 9.71. The van der Waals surface area contributed by atoms with Crippen LogP contribution < -0.4 is 5.56 Å². The lowest BCUT2D eigenvalue weighted by atomic mass is 9.96. The average molecular weight is 396 g/mol. The molecule has 7 heteroatoms. The molecule has 0 radical (unpaired) electrons. The van der Waals surface area contributed by atoms with Crippen molar-refractivity contribution in [2.75, 3.05) is 13.1 Å². The zero-order valence-corrected chi connectivity index (χ0v) is 16.0. The summed E-state index contributed by atoms with van der Waals surface area (Å²) < 4.78 is 28.9. The molecule has 0 aliphatic carbocycles. The Bertz CT molecular complexity index is 1030. The van der Waals surface area contributed by atoms with Crippen LogP contribution in [0.5, 0.6) is 0 Å². The zero-order valence-electron chi connectivity index (χ0n) is 16.0. The summed E-state index contributed by atoms with van der Waals surface area (Å²) in [5.41, 5.74) is 1.81. The molecule has 2 aromatic heterocycles. The minimum Gasteiger partial charge on any atom is -0.299 e. The molecule has 0 atom stereocenters. The summed E-state index contributed by atoms with van der Waals surface area (Å²) >= 11 is 0. The van der Waals surface area contributed by atoms with Crippen molar-refractivity contribution in [1.82, 2.24) is 19.4 Å². The van der Waals surface area contributed by atoms with Crippen molar-refractivity contribution in [2.45, 2.75) is 25.9 Å². The molecule has 0 amide bonds. The first-order chi connectivity index (χ1) is 14.1. The summed E-state index contributed by atoms with van der Waals surface area (Å²) in [6, 6.07) is 8.77. The zero-order chi connectivity index (χ0) is 20.2. The molecule has 5 nitrogen and oxygen atoms in total. The molecule has 1 saturated heterocycles. The second kappa shape index (κ2) is 8.61. The van der Waals surface area contributed by atoms with Crippen LogP contribution in [0.15, 0.2) is 59.9 Å². The Labute approximate surface area is 167 Å². The standard InChI is InChI=1S/C22H22F2N4O/c23-19-1-2-20(24)18(11-19)14-27-9-5-16(6-10-27)13-28-15-26-21(12-22(28)29)17-3-7-25-8-4-17/h1-4,7-8,11-12,15-16H,5-6,9-10,13-14H2. The Morgan fingerprint density at radius 1 is 1.03 bits per heavy atom. The van der Waals surface area contributed by atoms with E-state index < -0.39 is 5.82 Å². The molecule has 4 rings (SSSR count). The van der Waals surface area contributed by atoms with E-state index in [1.54, 1.807) is 29.4 Å². The van der Waals surface area contributed by atoms with E-state index in [0.29, 0.717) is 30.3 Å². The van der Waals surface area contributed by atoms with E-state index >= 15 is 0 Å². The van der Waals surface area contributed by atoms with Gasteiger partial charge in [-0.3, -0.25) is 19.2 Å². The summed E-state index contributed by atoms with van der Waals surface area (Å²) in [5.74, 6) is -0.436. The summed E-state index contributed by atoms with van der Waals surface area (Å²) in [6.07, 6.45) is 6.75. The molecular weight excluding hydrogens is 374 g/mol. The molecule has 150 valence electrons. The van der Waals surface area contributed by atoms with Crippen LogP contribution in [0.25, 0.3) is 11.3 Å². The highest BCUT2D eigenvalue weighted by atomic mass is 19.1. The van der Waals surface area contributed by atoms with Crippen LogP contribution in [0.3, 0.4) is 0 Å². The largest absolute Gasteiger partial charge is 0.299 e. The topological polar surface area (TPSA) is 51.0 Å². The third-order valence-electron chi connectivity index (χ3n) is 5.42. The molecule has 1 aromatic carbocycles. The summed E-state index contributed by atoms with van der Waals surface area (Å²) in [7, 11) is 0. The highest BCUT2D eigenvalue weighted by Crippen LogP contribution is 2.22. The molecule has 0 N–H and O–H groups in total. The molecule has 29 heavy (non-hydrogen) atoms. The number of likely N-dealkylation sites (tertiary alicyclic amines) is 1. The molecular formula is C22H22F2N4O. The Kier molecular flexibility index (Phi) is 5.76. The van der Waals surface area contributed by atoms with Gasteiger partial charge in [-0.25, -0.2) is 13.8 Å². The van der Waals surface area contributed by atoms with E-state index in [9.17, 15) is 13.6 Å². The number of pyridine rings is 1. The van der Waals surface area contributed by atoms with Gasteiger partial charge in [0.15, 0.2) is 0 Å². The van der Waals surface area contributed by atoms with Crippen LogP contribution in [-0.2, 0) is 13.1 Å². The number of piperidine rings is 1. The summed E-state index contributed by atoms with van der Waals surface area (Å²) in [5, 5.41) is 0. The van der Waals surface area contributed by atoms with Gasteiger partial charge in [-0.15, -0.1) is 0 Å². The van der Waals surface area contributed by atoms with Crippen LogP contribution in [0, 0.1) is 17.6 Å².